The van der Waals surface area contributed by atoms with Crippen LogP contribution in [-0.4, -0.2) is 36.2 Å². The fraction of sp³-hybridized carbons (Fsp3) is 0.429. The molecule has 0 aliphatic carbocycles. The fourth-order valence-electron chi connectivity index (χ4n) is 2.47. The standard InChI is InChI=1S/C14H18Br2N2O/c1-2-3-12(18-8-6-17-7-9-18)13-10(15)4-5-11(16)14(13)19/h2,4-5,12,17,19H,1,3,6-9H2/t12-/m1/s1. The Bertz CT molecular complexity index is 459. The van der Waals surface area contributed by atoms with Gasteiger partial charge in [-0.2, -0.15) is 0 Å². The first kappa shape index (κ1) is 15.0. The summed E-state index contributed by atoms with van der Waals surface area (Å²) < 4.78 is 1.67. The Morgan fingerprint density at radius 3 is 2.58 bits per heavy atom. The minimum absolute atomic E-state index is 0.159. The summed E-state index contributed by atoms with van der Waals surface area (Å²) in [5.74, 6) is 0.319. The number of piperazine rings is 1. The average molecular weight is 390 g/mol. The van der Waals surface area contributed by atoms with Gasteiger partial charge in [0.15, 0.2) is 0 Å². The SMILES string of the molecule is C=CC[C@H](c1c(Br)ccc(Br)c1O)N1CCNCC1. The highest BCUT2D eigenvalue weighted by Gasteiger charge is 2.26. The number of benzene rings is 1. The highest BCUT2D eigenvalue weighted by Crippen LogP contribution is 2.41. The third-order valence-corrected chi connectivity index (χ3v) is 4.76. The second-order valence-corrected chi connectivity index (χ2v) is 6.33. The maximum Gasteiger partial charge on any atom is 0.135 e. The molecule has 104 valence electrons. The number of phenolic OH excluding ortho intramolecular Hbond substituents is 1. The lowest BCUT2D eigenvalue weighted by atomic mass is 10.00. The molecule has 1 aliphatic heterocycles. The Balaban J connectivity index is 2.37. The summed E-state index contributed by atoms with van der Waals surface area (Å²) in [5.41, 5.74) is 0.941. The number of nitrogens with one attached hydrogen (secondary N) is 1. The molecule has 1 aromatic rings. The van der Waals surface area contributed by atoms with Crippen LogP contribution in [0.3, 0.4) is 0 Å². The quantitative estimate of drug-likeness (QED) is 0.774. The van der Waals surface area contributed by atoms with Crippen molar-refractivity contribution in [3.05, 3.63) is 39.3 Å². The summed E-state index contributed by atoms with van der Waals surface area (Å²) in [6.07, 6.45) is 2.74. The summed E-state index contributed by atoms with van der Waals surface area (Å²) >= 11 is 6.96. The summed E-state index contributed by atoms with van der Waals surface area (Å²) in [6.45, 7) is 7.79. The van der Waals surface area contributed by atoms with Crippen molar-refractivity contribution in [2.75, 3.05) is 26.2 Å². The number of rotatable bonds is 4. The first-order valence-electron chi connectivity index (χ1n) is 6.37. The topological polar surface area (TPSA) is 35.5 Å². The lowest BCUT2D eigenvalue weighted by Gasteiger charge is -2.35. The molecule has 3 nitrogen and oxygen atoms in total. The molecule has 0 amide bonds. The summed E-state index contributed by atoms with van der Waals surface area (Å²) in [6, 6.07) is 3.98. The van der Waals surface area contributed by atoms with Crippen LogP contribution >= 0.6 is 31.9 Å². The molecular formula is C14H18Br2N2O. The zero-order valence-corrected chi connectivity index (χ0v) is 13.9. The van der Waals surface area contributed by atoms with Crippen molar-refractivity contribution in [1.82, 2.24) is 10.2 Å². The molecule has 1 aromatic carbocycles. The van der Waals surface area contributed by atoms with E-state index in [1.807, 2.05) is 18.2 Å². The Hall–Kier alpha value is -0.360. The molecule has 0 spiro atoms. The number of aromatic hydroxyl groups is 1. The number of nitrogens with zero attached hydrogens (tertiary/aromatic N) is 1. The summed E-state index contributed by atoms with van der Waals surface area (Å²) in [5, 5.41) is 13.7. The zero-order chi connectivity index (χ0) is 13.8. The van der Waals surface area contributed by atoms with Crippen LogP contribution in [0.25, 0.3) is 0 Å². The van der Waals surface area contributed by atoms with Crippen molar-refractivity contribution in [2.24, 2.45) is 0 Å². The van der Waals surface area contributed by atoms with Crippen molar-refractivity contribution in [3.63, 3.8) is 0 Å². The molecule has 1 atom stereocenters. The molecule has 2 rings (SSSR count). The van der Waals surface area contributed by atoms with E-state index in [0.717, 1.165) is 47.1 Å². The van der Waals surface area contributed by atoms with E-state index in [0.29, 0.717) is 5.75 Å². The molecule has 1 aliphatic rings. The normalized spacial score (nSPS) is 18.2. The van der Waals surface area contributed by atoms with Crippen LogP contribution in [-0.2, 0) is 0 Å². The minimum atomic E-state index is 0.159. The van der Waals surface area contributed by atoms with Crippen LogP contribution in [0.15, 0.2) is 33.7 Å². The molecule has 2 N–H and O–H groups in total. The third kappa shape index (κ3) is 3.40. The van der Waals surface area contributed by atoms with Crippen LogP contribution in [0.4, 0.5) is 0 Å². The molecule has 0 unspecified atom stereocenters. The maximum atomic E-state index is 10.4. The maximum absolute atomic E-state index is 10.4. The molecule has 1 fully saturated rings. The number of phenols is 1. The van der Waals surface area contributed by atoms with Gasteiger partial charge in [0, 0.05) is 42.3 Å². The van der Waals surface area contributed by atoms with Gasteiger partial charge < -0.3 is 10.4 Å². The van der Waals surface area contributed by atoms with Crippen molar-refractivity contribution in [1.29, 1.82) is 0 Å². The van der Waals surface area contributed by atoms with E-state index in [2.05, 4.69) is 48.7 Å². The van der Waals surface area contributed by atoms with E-state index < -0.39 is 0 Å². The van der Waals surface area contributed by atoms with E-state index in [4.69, 9.17) is 0 Å². The van der Waals surface area contributed by atoms with Crippen LogP contribution in [0.2, 0.25) is 0 Å². The number of hydrogen-bond acceptors (Lipinski definition) is 3. The van der Waals surface area contributed by atoms with Crippen LogP contribution < -0.4 is 5.32 Å². The van der Waals surface area contributed by atoms with Crippen LogP contribution in [0, 0.1) is 0 Å². The van der Waals surface area contributed by atoms with Gasteiger partial charge in [-0.05, 0) is 34.5 Å². The lowest BCUT2D eigenvalue weighted by molar-refractivity contribution is 0.171. The van der Waals surface area contributed by atoms with Crippen molar-refractivity contribution >= 4 is 31.9 Å². The van der Waals surface area contributed by atoms with Gasteiger partial charge >= 0.3 is 0 Å². The molecule has 0 saturated carbocycles. The molecule has 1 heterocycles. The Morgan fingerprint density at radius 1 is 1.32 bits per heavy atom. The predicted octanol–water partition coefficient (Wildman–Crippen LogP) is 3.44. The van der Waals surface area contributed by atoms with Gasteiger partial charge in [-0.3, -0.25) is 4.90 Å². The van der Waals surface area contributed by atoms with Crippen LogP contribution in [0.1, 0.15) is 18.0 Å². The molecule has 5 heteroatoms. The van der Waals surface area contributed by atoms with Crippen molar-refractivity contribution in [2.45, 2.75) is 12.5 Å². The molecule has 1 saturated heterocycles. The summed E-state index contributed by atoms with van der Waals surface area (Å²) in [7, 11) is 0. The average Bonchev–Trinajstić information content (AvgIpc) is 2.43. The Morgan fingerprint density at radius 2 is 1.95 bits per heavy atom. The molecule has 19 heavy (non-hydrogen) atoms. The van der Waals surface area contributed by atoms with Gasteiger partial charge in [0.1, 0.15) is 5.75 Å². The minimum Gasteiger partial charge on any atom is -0.506 e. The van der Waals surface area contributed by atoms with Gasteiger partial charge in [0.2, 0.25) is 0 Å². The Kier molecular flexibility index (Phi) is 5.45. The first-order valence-corrected chi connectivity index (χ1v) is 7.96. The number of hydrogen-bond donors (Lipinski definition) is 2. The van der Waals surface area contributed by atoms with Gasteiger partial charge in [-0.25, -0.2) is 0 Å². The highest BCUT2D eigenvalue weighted by atomic mass is 79.9. The van der Waals surface area contributed by atoms with Crippen LogP contribution in [0.5, 0.6) is 5.75 Å². The summed E-state index contributed by atoms with van der Waals surface area (Å²) in [4.78, 5) is 2.39. The van der Waals surface area contributed by atoms with E-state index in [1.165, 1.54) is 0 Å². The van der Waals surface area contributed by atoms with Gasteiger partial charge in [0.25, 0.3) is 0 Å². The lowest BCUT2D eigenvalue weighted by Crippen LogP contribution is -2.45. The van der Waals surface area contributed by atoms with E-state index in [-0.39, 0.29) is 6.04 Å². The fourth-order valence-corrected chi connectivity index (χ4v) is 3.40. The van der Waals surface area contributed by atoms with E-state index >= 15 is 0 Å². The second-order valence-electron chi connectivity index (χ2n) is 4.62. The van der Waals surface area contributed by atoms with E-state index in [1.54, 1.807) is 0 Å². The molecule has 0 radical (unpaired) electrons. The van der Waals surface area contributed by atoms with Crippen molar-refractivity contribution < 1.29 is 5.11 Å². The molecular weight excluding hydrogens is 372 g/mol. The highest BCUT2D eigenvalue weighted by molar-refractivity contribution is 9.11. The third-order valence-electron chi connectivity index (χ3n) is 3.43. The second kappa shape index (κ2) is 6.88. The largest absolute Gasteiger partial charge is 0.506 e. The molecule has 0 bridgehead atoms. The van der Waals surface area contributed by atoms with Gasteiger partial charge in [-0.15, -0.1) is 6.58 Å². The van der Waals surface area contributed by atoms with Gasteiger partial charge in [0.05, 0.1) is 4.47 Å². The Labute approximate surface area is 130 Å². The smallest absolute Gasteiger partial charge is 0.135 e. The zero-order valence-electron chi connectivity index (χ0n) is 10.7. The van der Waals surface area contributed by atoms with Gasteiger partial charge in [-0.1, -0.05) is 22.0 Å². The predicted molar refractivity (Wildman–Crippen MR) is 85.5 cm³/mol. The molecule has 0 aromatic heterocycles. The monoisotopic (exact) mass is 388 g/mol. The number of halogens is 2. The van der Waals surface area contributed by atoms with E-state index in [9.17, 15) is 5.11 Å². The first-order chi connectivity index (χ1) is 9.15. The van der Waals surface area contributed by atoms with Crippen molar-refractivity contribution in [3.8, 4) is 5.75 Å².